The van der Waals surface area contributed by atoms with E-state index in [9.17, 15) is 9.59 Å². The van der Waals surface area contributed by atoms with Gasteiger partial charge in [0.15, 0.2) is 0 Å². The summed E-state index contributed by atoms with van der Waals surface area (Å²) in [5.41, 5.74) is -0.619. The van der Waals surface area contributed by atoms with Gasteiger partial charge in [0.2, 0.25) is 11.9 Å². The van der Waals surface area contributed by atoms with Crippen LogP contribution in [0.25, 0.3) is 0 Å². The van der Waals surface area contributed by atoms with Crippen LogP contribution in [-0.2, 0) is 9.53 Å². The number of rotatable bonds is 5. The van der Waals surface area contributed by atoms with Crippen molar-refractivity contribution >= 4 is 33.9 Å². The SMILES string of the molecule is CCCC(NC(=O)OC(C)(C)C)C(=O)Nc1ncc(Br)cn1. The molecule has 1 aromatic rings. The van der Waals surface area contributed by atoms with Crippen molar-refractivity contribution in [1.29, 1.82) is 0 Å². The van der Waals surface area contributed by atoms with Gasteiger partial charge in [-0.15, -0.1) is 0 Å². The first-order chi connectivity index (χ1) is 10.2. The summed E-state index contributed by atoms with van der Waals surface area (Å²) in [6.45, 7) is 7.21. The Morgan fingerprint density at radius 3 is 2.41 bits per heavy atom. The number of carbonyl (C=O) groups is 2. The number of hydrogen-bond donors (Lipinski definition) is 2. The molecule has 0 aliphatic heterocycles. The third-order valence-electron chi connectivity index (χ3n) is 2.44. The molecule has 1 heterocycles. The van der Waals surface area contributed by atoms with Gasteiger partial charge in [-0.3, -0.25) is 10.1 Å². The number of hydrogen-bond acceptors (Lipinski definition) is 5. The normalized spacial score (nSPS) is 12.4. The van der Waals surface area contributed by atoms with Crippen LogP contribution in [-0.4, -0.2) is 33.6 Å². The second-order valence-corrected chi connectivity index (χ2v) is 6.62. The maximum absolute atomic E-state index is 12.2. The van der Waals surface area contributed by atoms with Crippen molar-refractivity contribution in [3.63, 3.8) is 0 Å². The average molecular weight is 373 g/mol. The first kappa shape index (κ1) is 18.3. The number of aromatic nitrogens is 2. The van der Waals surface area contributed by atoms with E-state index in [4.69, 9.17) is 4.74 Å². The molecule has 0 aliphatic carbocycles. The minimum Gasteiger partial charge on any atom is -0.444 e. The van der Waals surface area contributed by atoms with Crippen molar-refractivity contribution in [3.8, 4) is 0 Å². The van der Waals surface area contributed by atoms with Gasteiger partial charge in [0.05, 0.1) is 4.47 Å². The van der Waals surface area contributed by atoms with Gasteiger partial charge >= 0.3 is 6.09 Å². The standard InChI is InChI=1S/C14H21BrN4O3/c1-5-6-10(18-13(21)22-14(2,3)4)11(20)19-12-16-7-9(15)8-17-12/h7-8,10H,5-6H2,1-4H3,(H,18,21)(H,16,17,19,20). The number of halogens is 1. The number of ether oxygens (including phenoxy) is 1. The van der Waals surface area contributed by atoms with E-state index < -0.39 is 17.7 Å². The Labute approximate surface area is 138 Å². The van der Waals surface area contributed by atoms with Gasteiger partial charge in [-0.2, -0.15) is 0 Å². The number of nitrogens with zero attached hydrogens (tertiary/aromatic N) is 2. The molecule has 2 N–H and O–H groups in total. The zero-order valence-electron chi connectivity index (χ0n) is 13.1. The van der Waals surface area contributed by atoms with E-state index in [0.717, 1.165) is 6.42 Å². The smallest absolute Gasteiger partial charge is 0.408 e. The highest BCUT2D eigenvalue weighted by Gasteiger charge is 2.24. The largest absolute Gasteiger partial charge is 0.444 e. The summed E-state index contributed by atoms with van der Waals surface area (Å²) in [5.74, 6) is -0.199. The van der Waals surface area contributed by atoms with Crippen LogP contribution in [0.1, 0.15) is 40.5 Å². The van der Waals surface area contributed by atoms with Crippen LogP contribution in [0, 0.1) is 0 Å². The van der Waals surface area contributed by atoms with Crippen LogP contribution in [0.4, 0.5) is 10.7 Å². The molecule has 0 saturated carbocycles. The number of amides is 2. The molecule has 22 heavy (non-hydrogen) atoms. The molecule has 1 unspecified atom stereocenters. The van der Waals surface area contributed by atoms with E-state index in [2.05, 4.69) is 36.5 Å². The Hall–Kier alpha value is -1.70. The Morgan fingerprint density at radius 2 is 1.91 bits per heavy atom. The molecule has 0 bridgehead atoms. The molecule has 122 valence electrons. The Kier molecular flexibility index (Phi) is 6.73. The Balaban J connectivity index is 2.66. The van der Waals surface area contributed by atoms with Crippen LogP contribution in [0.3, 0.4) is 0 Å². The minimum absolute atomic E-state index is 0.181. The minimum atomic E-state index is -0.702. The topological polar surface area (TPSA) is 93.2 Å². The molecule has 1 atom stereocenters. The summed E-state index contributed by atoms with van der Waals surface area (Å²) in [7, 11) is 0. The highest BCUT2D eigenvalue weighted by atomic mass is 79.9. The molecule has 1 rings (SSSR count). The molecule has 7 nitrogen and oxygen atoms in total. The van der Waals surface area contributed by atoms with E-state index in [-0.39, 0.29) is 11.9 Å². The predicted octanol–water partition coefficient (Wildman–Crippen LogP) is 2.87. The fourth-order valence-corrected chi connectivity index (χ4v) is 1.79. The van der Waals surface area contributed by atoms with E-state index >= 15 is 0 Å². The summed E-state index contributed by atoms with van der Waals surface area (Å²) < 4.78 is 5.87. The molecule has 0 aliphatic rings. The molecule has 1 aromatic heterocycles. The third-order valence-corrected chi connectivity index (χ3v) is 2.85. The van der Waals surface area contributed by atoms with Crippen molar-refractivity contribution < 1.29 is 14.3 Å². The van der Waals surface area contributed by atoms with Crippen molar-refractivity contribution in [2.45, 2.75) is 52.2 Å². The fraction of sp³-hybridized carbons (Fsp3) is 0.571. The number of nitrogens with one attached hydrogen (secondary N) is 2. The van der Waals surface area contributed by atoms with E-state index in [0.29, 0.717) is 10.9 Å². The zero-order chi connectivity index (χ0) is 16.8. The van der Waals surface area contributed by atoms with Gasteiger partial charge in [0, 0.05) is 12.4 Å². The molecule has 0 aromatic carbocycles. The summed E-state index contributed by atoms with van der Waals surface area (Å²) in [6.07, 6.45) is 3.64. The lowest BCUT2D eigenvalue weighted by atomic mass is 10.1. The molecule has 0 spiro atoms. The van der Waals surface area contributed by atoms with Crippen molar-refractivity contribution in [1.82, 2.24) is 15.3 Å². The lowest BCUT2D eigenvalue weighted by molar-refractivity contribution is -0.118. The van der Waals surface area contributed by atoms with Gasteiger partial charge in [0.25, 0.3) is 0 Å². The number of carbonyl (C=O) groups excluding carboxylic acids is 2. The summed E-state index contributed by atoms with van der Waals surface area (Å²) >= 11 is 3.21. The quantitative estimate of drug-likeness (QED) is 0.828. The first-order valence-corrected chi connectivity index (χ1v) is 7.78. The van der Waals surface area contributed by atoms with E-state index in [1.54, 1.807) is 20.8 Å². The molecule has 0 saturated heterocycles. The van der Waals surface area contributed by atoms with Gasteiger partial charge in [-0.1, -0.05) is 13.3 Å². The molecule has 8 heteroatoms. The first-order valence-electron chi connectivity index (χ1n) is 6.99. The van der Waals surface area contributed by atoms with Crippen LogP contribution in [0.2, 0.25) is 0 Å². The Bertz CT molecular complexity index is 514. The molecular formula is C14H21BrN4O3. The van der Waals surface area contributed by atoms with Crippen molar-refractivity contribution in [2.75, 3.05) is 5.32 Å². The van der Waals surface area contributed by atoms with Crippen LogP contribution >= 0.6 is 15.9 Å². The van der Waals surface area contributed by atoms with Gasteiger partial charge in [-0.05, 0) is 43.1 Å². The van der Waals surface area contributed by atoms with Gasteiger partial charge in [-0.25, -0.2) is 14.8 Å². The highest BCUT2D eigenvalue weighted by molar-refractivity contribution is 9.10. The molecule has 0 radical (unpaired) electrons. The van der Waals surface area contributed by atoms with Gasteiger partial charge < -0.3 is 10.1 Å². The lowest BCUT2D eigenvalue weighted by Gasteiger charge is -2.23. The van der Waals surface area contributed by atoms with Crippen molar-refractivity contribution in [2.24, 2.45) is 0 Å². The number of anilines is 1. The van der Waals surface area contributed by atoms with Crippen molar-refractivity contribution in [3.05, 3.63) is 16.9 Å². The maximum atomic E-state index is 12.2. The fourth-order valence-electron chi connectivity index (χ4n) is 1.58. The lowest BCUT2D eigenvalue weighted by Crippen LogP contribution is -2.45. The third kappa shape index (κ3) is 6.84. The molecular weight excluding hydrogens is 352 g/mol. The second-order valence-electron chi connectivity index (χ2n) is 5.70. The van der Waals surface area contributed by atoms with Gasteiger partial charge in [0.1, 0.15) is 11.6 Å². The second kappa shape index (κ2) is 8.07. The zero-order valence-corrected chi connectivity index (χ0v) is 14.7. The molecule has 2 amide bonds. The molecule has 0 fully saturated rings. The maximum Gasteiger partial charge on any atom is 0.408 e. The van der Waals surface area contributed by atoms with E-state index in [1.165, 1.54) is 12.4 Å². The highest BCUT2D eigenvalue weighted by Crippen LogP contribution is 2.10. The monoisotopic (exact) mass is 372 g/mol. The van der Waals surface area contributed by atoms with Crippen LogP contribution < -0.4 is 10.6 Å². The average Bonchev–Trinajstić information content (AvgIpc) is 2.38. The van der Waals surface area contributed by atoms with Crippen LogP contribution in [0.15, 0.2) is 16.9 Å². The summed E-state index contributed by atoms with van der Waals surface area (Å²) in [4.78, 5) is 31.9. The summed E-state index contributed by atoms with van der Waals surface area (Å²) in [5, 5.41) is 5.14. The predicted molar refractivity (Wildman–Crippen MR) is 86.4 cm³/mol. The summed E-state index contributed by atoms with van der Waals surface area (Å²) in [6, 6.07) is -0.702. The Morgan fingerprint density at radius 1 is 1.32 bits per heavy atom. The number of alkyl carbamates (subject to hydrolysis) is 1. The van der Waals surface area contributed by atoms with Crippen LogP contribution in [0.5, 0.6) is 0 Å². The van der Waals surface area contributed by atoms with E-state index in [1.807, 2.05) is 6.92 Å².